The molecular weight excluding hydrogens is 420 g/mol. The Labute approximate surface area is 192 Å². The van der Waals surface area contributed by atoms with Gasteiger partial charge in [0.25, 0.3) is 11.8 Å². The van der Waals surface area contributed by atoms with Gasteiger partial charge in [-0.1, -0.05) is 49.2 Å². The second-order valence-corrected chi connectivity index (χ2v) is 9.10. The van der Waals surface area contributed by atoms with Crippen LogP contribution in [0.2, 0.25) is 0 Å². The number of carboxylic acid groups (broad SMARTS) is 1. The minimum Gasteiger partial charge on any atom is -0.481 e. The van der Waals surface area contributed by atoms with Crippen LogP contribution in [0.25, 0.3) is 0 Å². The monoisotopic (exact) mass is 446 g/mol. The lowest BCUT2D eigenvalue weighted by molar-refractivity contribution is -0.153. The molecule has 2 aromatic carbocycles. The molecule has 5 rings (SSSR count). The van der Waals surface area contributed by atoms with E-state index in [-0.39, 0.29) is 24.3 Å². The van der Waals surface area contributed by atoms with E-state index in [9.17, 15) is 24.3 Å². The van der Waals surface area contributed by atoms with Gasteiger partial charge < -0.3 is 10.0 Å². The minimum atomic E-state index is -0.928. The number of aliphatic carboxylic acids is 1. The Morgan fingerprint density at radius 1 is 0.879 bits per heavy atom. The van der Waals surface area contributed by atoms with Gasteiger partial charge in [0.1, 0.15) is 0 Å². The van der Waals surface area contributed by atoms with E-state index in [1.165, 1.54) is 4.90 Å². The maximum Gasteiger partial charge on any atom is 0.307 e. The van der Waals surface area contributed by atoms with Crippen molar-refractivity contribution in [3.05, 3.63) is 70.8 Å². The number of carbonyl (C=O) groups excluding carboxylic acids is 3. The lowest BCUT2D eigenvalue weighted by Gasteiger charge is -2.42. The number of rotatable bonds is 4. The van der Waals surface area contributed by atoms with Crippen LogP contribution in [-0.2, 0) is 16.0 Å². The van der Waals surface area contributed by atoms with Gasteiger partial charge >= 0.3 is 5.97 Å². The summed E-state index contributed by atoms with van der Waals surface area (Å²) in [5, 5.41) is 9.71. The molecule has 3 amide bonds. The average molecular weight is 447 g/mol. The topological polar surface area (TPSA) is 95.0 Å². The van der Waals surface area contributed by atoms with Crippen LogP contribution in [0, 0.1) is 11.8 Å². The number of nitrogens with zero attached hydrogens (tertiary/aromatic N) is 2. The van der Waals surface area contributed by atoms with Gasteiger partial charge in [0.15, 0.2) is 0 Å². The van der Waals surface area contributed by atoms with Crippen molar-refractivity contribution >= 4 is 23.7 Å². The molecule has 2 aliphatic heterocycles. The van der Waals surface area contributed by atoms with Gasteiger partial charge in [0.05, 0.1) is 35.5 Å². The Morgan fingerprint density at radius 2 is 1.48 bits per heavy atom. The summed E-state index contributed by atoms with van der Waals surface area (Å²) < 4.78 is 0. The summed E-state index contributed by atoms with van der Waals surface area (Å²) in [6, 6.07) is 14.0. The van der Waals surface area contributed by atoms with Gasteiger partial charge in [-0.2, -0.15) is 0 Å². The normalized spacial score (nSPS) is 24.4. The number of fused-ring (bicyclic) bond motifs is 2. The highest BCUT2D eigenvalue weighted by molar-refractivity contribution is 6.21. The molecule has 1 N–H and O–H groups in total. The molecule has 2 heterocycles. The predicted molar refractivity (Wildman–Crippen MR) is 119 cm³/mol. The highest BCUT2D eigenvalue weighted by Gasteiger charge is 2.44. The molecule has 7 heteroatoms. The molecule has 7 nitrogen and oxygen atoms in total. The van der Waals surface area contributed by atoms with Crippen molar-refractivity contribution in [1.82, 2.24) is 9.80 Å². The van der Waals surface area contributed by atoms with Crippen molar-refractivity contribution in [3.8, 4) is 0 Å². The Bertz CT molecular complexity index is 1110. The second-order valence-electron chi connectivity index (χ2n) is 9.10. The van der Waals surface area contributed by atoms with Crippen LogP contribution in [0.15, 0.2) is 48.5 Å². The fraction of sp³-hybridized carbons (Fsp3) is 0.385. The van der Waals surface area contributed by atoms with Gasteiger partial charge in [-0.15, -0.1) is 0 Å². The van der Waals surface area contributed by atoms with Crippen molar-refractivity contribution in [2.45, 2.75) is 38.1 Å². The fourth-order valence-electron chi connectivity index (χ4n) is 5.63. The van der Waals surface area contributed by atoms with E-state index in [2.05, 4.69) is 0 Å². The Kier molecular flexibility index (Phi) is 5.48. The molecule has 170 valence electrons. The summed E-state index contributed by atoms with van der Waals surface area (Å²) in [6.07, 6.45) is 3.34. The predicted octanol–water partition coefficient (Wildman–Crippen LogP) is 3.30. The largest absolute Gasteiger partial charge is 0.481 e. The van der Waals surface area contributed by atoms with Gasteiger partial charge in [0.2, 0.25) is 5.91 Å². The maximum absolute atomic E-state index is 13.7. The minimum absolute atomic E-state index is 0.0551. The van der Waals surface area contributed by atoms with Crippen LogP contribution in [-0.4, -0.2) is 51.7 Å². The van der Waals surface area contributed by atoms with Crippen molar-refractivity contribution in [2.75, 3.05) is 13.1 Å². The van der Waals surface area contributed by atoms with E-state index in [1.54, 1.807) is 29.2 Å². The van der Waals surface area contributed by atoms with E-state index in [4.69, 9.17) is 0 Å². The summed E-state index contributed by atoms with van der Waals surface area (Å²) in [5.74, 6) is -3.09. The zero-order chi connectivity index (χ0) is 23.1. The standard InChI is InChI=1S/C26H26N2O5/c29-23(20-11-5-6-12-21(20)26(32)33)27-14-13-16-7-1-2-8-17(16)22(27)15-28-24(30)18-9-3-4-10-19(18)25(28)31/h1-4,7-10,20-22H,5-6,11-15H2,(H,32,33)/t20-,21?,22+/m0/s1. The molecule has 3 atom stereocenters. The zero-order valence-electron chi connectivity index (χ0n) is 18.3. The third-order valence-electron chi connectivity index (χ3n) is 7.33. The van der Waals surface area contributed by atoms with Crippen molar-refractivity contribution < 1.29 is 24.3 Å². The summed E-state index contributed by atoms with van der Waals surface area (Å²) in [6.45, 7) is 0.492. The van der Waals surface area contributed by atoms with E-state index in [0.29, 0.717) is 36.9 Å². The summed E-state index contributed by atoms with van der Waals surface area (Å²) >= 11 is 0. The van der Waals surface area contributed by atoms with Crippen molar-refractivity contribution in [1.29, 1.82) is 0 Å². The Hall–Kier alpha value is -3.48. The molecule has 33 heavy (non-hydrogen) atoms. The Morgan fingerprint density at radius 3 is 2.15 bits per heavy atom. The lowest BCUT2D eigenvalue weighted by atomic mass is 9.77. The van der Waals surface area contributed by atoms with Crippen molar-refractivity contribution in [3.63, 3.8) is 0 Å². The van der Waals surface area contributed by atoms with Crippen LogP contribution in [0.3, 0.4) is 0 Å². The third kappa shape index (κ3) is 3.61. The van der Waals surface area contributed by atoms with E-state index in [0.717, 1.165) is 24.0 Å². The summed E-state index contributed by atoms with van der Waals surface area (Å²) in [4.78, 5) is 54.6. The fourth-order valence-corrected chi connectivity index (χ4v) is 5.63. The quantitative estimate of drug-likeness (QED) is 0.727. The van der Waals surface area contributed by atoms with E-state index >= 15 is 0 Å². The number of benzene rings is 2. The van der Waals surface area contributed by atoms with Gasteiger partial charge in [-0.3, -0.25) is 24.1 Å². The smallest absolute Gasteiger partial charge is 0.307 e. The molecule has 0 saturated heterocycles. The van der Waals surface area contributed by atoms with Gasteiger partial charge in [-0.05, 0) is 42.5 Å². The van der Waals surface area contributed by atoms with Crippen LogP contribution in [0.5, 0.6) is 0 Å². The first-order chi connectivity index (χ1) is 16.0. The maximum atomic E-state index is 13.7. The molecule has 1 unspecified atom stereocenters. The van der Waals surface area contributed by atoms with Crippen LogP contribution < -0.4 is 0 Å². The molecule has 3 aliphatic rings. The van der Waals surface area contributed by atoms with E-state index < -0.39 is 23.8 Å². The molecule has 2 aromatic rings. The average Bonchev–Trinajstić information content (AvgIpc) is 3.08. The molecule has 1 saturated carbocycles. The molecule has 1 fully saturated rings. The molecule has 0 spiro atoms. The van der Waals surface area contributed by atoms with Gasteiger partial charge in [0, 0.05) is 6.54 Å². The number of carbonyl (C=O) groups is 4. The lowest BCUT2D eigenvalue weighted by Crippen LogP contribution is -2.50. The van der Waals surface area contributed by atoms with Crippen LogP contribution >= 0.6 is 0 Å². The second kappa shape index (κ2) is 8.46. The molecule has 1 aliphatic carbocycles. The van der Waals surface area contributed by atoms with Crippen LogP contribution in [0.1, 0.15) is 63.6 Å². The molecule has 0 aromatic heterocycles. The number of carboxylic acids is 1. The van der Waals surface area contributed by atoms with Crippen LogP contribution in [0.4, 0.5) is 0 Å². The number of hydrogen-bond donors (Lipinski definition) is 1. The third-order valence-corrected chi connectivity index (χ3v) is 7.33. The summed E-state index contributed by atoms with van der Waals surface area (Å²) in [7, 11) is 0. The Balaban J connectivity index is 1.48. The van der Waals surface area contributed by atoms with E-state index in [1.807, 2.05) is 24.3 Å². The zero-order valence-corrected chi connectivity index (χ0v) is 18.3. The van der Waals surface area contributed by atoms with Gasteiger partial charge in [-0.25, -0.2) is 0 Å². The first kappa shape index (κ1) is 21.4. The molecular formula is C26H26N2O5. The number of hydrogen-bond acceptors (Lipinski definition) is 4. The first-order valence-electron chi connectivity index (χ1n) is 11.5. The molecule has 0 bridgehead atoms. The first-order valence-corrected chi connectivity index (χ1v) is 11.5. The number of imide groups is 1. The summed E-state index contributed by atoms with van der Waals surface area (Å²) in [5.41, 5.74) is 2.75. The molecule has 0 radical (unpaired) electrons. The number of amides is 3. The van der Waals surface area contributed by atoms with Crippen molar-refractivity contribution in [2.24, 2.45) is 11.8 Å². The highest BCUT2D eigenvalue weighted by Crippen LogP contribution is 2.38. The highest BCUT2D eigenvalue weighted by atomic mass is 16.4. The SMILES string of the molecule is O=C(O)C1CCCC[C@@H]1C(=O)N1CCc2ccccc2[C@H]1CN1C(=O)c2ccccc2C1=O.